The van der Waals surface area contributed by atoms with Crippen molar-refractivity contribution in [2.75, 3.05) is 7.11 Å². The Morgan fingerprint density at radius 2 is 1.70 bits per heavy atom. The average Bonchev–Trinajstić information content (AvgIpc) is 3.11. The normalized spacial score (nSPS) is 11.5. The minimum atomic E-state index is -0.107. The van der Waals surface area contributed by atoms with Crippen molar-refractivity contribution in [1.82, 2.24) is 4.98 Å². The van der Waals surface area contributed by atoms with E-state index in [9.17, 15) is 4.79 Å². The quantitative estimate of drug-likeness (QED) is 0.243. The Kier molecular flexibility index (Phi) is 5.57. The molecule has 1 aromatic heterocycles. The zero-order valence-electron chi connectivity index (χ0n) is 16.9. The van der Waals surface area contributed by atoms with Crippen LogP contribution in [0, 0.1) is 6.92 Å². The summed E-state index contributed by atoms with van der Waals surface area (Å²) < 4.78 is 5.34. The minimum Gasteiger partial charge on any atom is -0.496 e. The number of para-hydroxylation sites is 3. The van der Waals surface area contributed by atoms with Crippen LogP contribution < -0.4 is 4.74 Å². The van der Waals surface area contributed by atoms with Gasteiger partial charge in [0.25, 0.3) is 0 Å². The Morgan fingerprint density at radius 3 is 2.57 bits per heavy atom. The summed E-state index contributed by atoms with van der Waals surface area (Å²) in [5.74, 6) is 0.618. The van der Waals surface area contributed by atoms with Gasteiger partial charge in [-0.25, -0.2) is 0 Å². The van der Waals surface area contributed by atoms with Crippen molar-refractivity contribution >= 4 is 34.7 Å². The summed E-state index contributed by atoms with van der Waals surface area (Å²) in [6, 6.07) is 23.1. The smallest absolute Gasteiger partial charge is 0.188 e. The predicted molar refractivity (Wildman–Crippen MR) is 123 cm³/mol. The van der Waals surface area contributed by atoms with Crippen LogP contribution in [0.15, 0.2) is 83.9 Å². The van der Waals surface area contributed by atoms with Gasteiger partial charge in [0, 0.05) is 39.5 Å². The Bertz CT molecular complexity index is 1270. The van der Waals surface area contributed by atoms with Crippen molar-refractivity contribution in [3.63, 3.8) is 0 Å². The van der Waals surface area contributed by atoms with Gasteiger partial charge in [0.2, 0.25) is 0 Å². The second kappa shape index (κ2) is 8.62. The highest BCUT2D eigenvalue weighted by atomic mass is 16.5. The van der Waals surface area contributed by atoms with Crippen LogP contribution in [0.2, 0.25) is 0 Å². The maximum atomic E-state index is 12.9. The molecule has 0 saturated carbocycles. The van der Waals surface area contributed by atoms with Crippen LogP contribution in [-0.2, 0) is 0 Å². The molecule has 0 amide bonds. The number of nitrogens with zero attached hydrogens (tertiary/aromatic N) is 1. The number of hydrogen-bond donors (Lipinski definition) is 1. The van der Waals surface area contributed by atoms with Crippen molar-refractivity contribution < 1.29 is 9.53 Å². The van der Waals surface area contributed by atoms with Gasteiger partial charge >= 0.3 is 0 Å². The first-order chi connectivity index (χ1) is 14.7. The molecule has 0 aliphatic heterocycles. The molecule has 0 aliphatic carbocycles. The Labute approximate surface area is 175 Å². The molecule has 4 nitrogen and oxygen atoms in total. The number of benzene rings is 3. The van der Waals surface area contributed by atoms with E-state index in [2.05, 4.69) is 16.0 Å². The number of methoxy groups -OCH3 is 1. The van der Waals surface area contributed by atoms with Crippen molar-refractivity contribution in [3.05, 3.63) is 101 Å². The number of rotatable bonds is 6. The molecule has 4 rings (SSSR count). The highest BCUT2D eigenvalue weighted by Gasteiger charge is 2.09. The van der Waals surface area contributed by atoms with E-state index in [1.54, 1.807) is 25.3 Å². The summed E-state index contributed by atoms with van der Waals surface area (Å²) in [4.78, 5) is 20.9. The molecule has 0 fully saturated rings. The number of aryl methyl sites for hydroxylation is 1. The number of ether oxygens (including phenoxy) is 1. The summed E-state index contributed by atoms with van der Waals surface area (Å²) in [6.45, 7) is 2.02. The third kappa shape index (κ3) is 3.94. The number of carbonyl (C=O) groups is 1. The number of aromatic amines is 1. The molecule has 0 atom stereocenters. The van der Waals surface area contributed by atoms with Crippen molar-refractivity contribution in [2.45, 2.75) is 6.92 Å². The van der Waals surface area contributed by atoms with E-state index in [0.717, 1.165) is 33.5 Å². The number of fused-ring (bicyclic) bond motifs is 1. The van der Waals surface area contributed by atoms with E-state index in [-0.39, 0.29) is 5.78 Å². The number of H-pyrrole nitrogens is 1. The molecule has 1 N–H and O–H groups in total. The van der Waals surface area contributed by atoms with Gasteiger partial charge in [-0.1, -0.05) is 48.5 Å². The van der Waals surface area contributed by atoms with Gasteiger partial charge in [0.15, 0.2) is 5.78 Å². The summed E-state index contributed by atoms with van der Waals surface area (Å²) in [6.07, 6.45) is 5.15. The van der Waals surface area contributed by atoms with E-state index < -0.39 is 0 Å². The Hall–Kier alpha value is -3.92. The molecule has 0 bridgehead atoms. The van der Waals surface area contributed by atoms with Gasteiger partial charge in [-0.05, 0) is 43.3 Å². The van der Waals surface area contributed by atoms with Crippen LogP contribution in [0.25, 0.3) is 17.0 Å². The fourth-order valence-corrected chi connectivity index (χ4v) is 3.45. The molecule has 3 aromatic carbocycles. The lowest BCUT2D eigenvalue weighted by atomic mass is 10.1. The van der Waals surface area contributed by atoms with Crippen LogP contribution in [0.1, 0.15) is 27.2 Å². The molecule has 0 unspecified atom stereocenters. The molecule has 0 aliphatic rings. The Morgan fingerprint density at radius 1 is 0.967 bits per heavy atom. The summed E-state index contributed by atoms with van der Waals surface area (Å²) in [5, 5.41) is 1.11. The predicted octanol–water partition coefficient (Wildman–Crippen LogP) is 6.13. The standard InChI is InChI=1S/C26H22N2O2/c1-18-22(20-10-4-7-13-24(20)28-18)17-27-23-12-6-5-11-21(23)25(29)16-15-19-9-3-8-14-26(19)30-2/h3-17,28H,1-2H3/b16-15+,27-17?. The van der Waals surface area contributed by atoms with Crippen LogP contribution in [0.5, 0.6) is 5.75 Å². The molecule has 30 heavy (non-hydrogen) atoms. The number of ketones is 1. The second-order valence-corrected chi connectivity index (χ2v) is 6.92. The number of allylic oxidation sites excluding steroid dienone is 1. The molecule has 0 saturated heterocycles. The van der Waals surface area contributed by atoms with E-state index in [1.165, 1.54) is 0 Å². The molecule has 1 heterocycles. The van der Waals surface area contributed by atoms with Crippen LogP contribution in [0.4, 0.5) is 5.69 Å². The molecule has 148 valence electrons. The van der Waals surface area contributed by atoms with Crippen LogP contribution >= 0.6 is 0 Å². The zero-order chi connectivity index (χ0) is 20.9. The van der Waals surface area contributed by atoms with E-state index in [4.69, 9.17) is 4.74 Å². The van der Waals surface area contributed by atoms with Crippen molar-refractivity contribution in [3.8, 4) is 5.75 Å². The SMILES string of the molecule is COc1ccccc1/C=C/C(=O)c1ccccc1N=Cc1c(C)[nH]c2ccccc12. The van der Waals surface area contributed by atoms with Crippen molar-refractivity contribution in [2.24, 2.45) is 4.99 Å². The topological polar surface area (TPSA) is 54.4 Å². The molecule has 4 heteroatoms. The lowest BCUT2D eigenvalue weighted by Gasteiger charge is -2.04. The van der Waals surface area contributed by atoms with Crippen LogP contribution in [0.3, 0.4) is 0 Å². The number of aromatic nitrogens is 1. The lowest BCUT2D eigenvalue weighted by Crippen LogP contribution is -1.95. The molecule has 0 radical (unpaired) electrons. The van der Waals surface area contributed by atoms with Gasteiger partial charge in [-0.15, -0.1) is 0 Å². The fraction of sp³-hybridized carbons (Fsp3) is 0.0769. The summed E-state index contributed by atoms with van der Waals surface area (Å²) >= 11 is 0. The first kappa shape index (κ1) is 19.4. The average molecular weight is 394 g/mol. The maximum absolute atomic E-state index is 12.9. The number of aliphatic imine (C=N–C) groups is 1. The third-order valence-electron chi connectivity index (χ3n) is 5.00. The Balaban J connectivity index is 1.64. The third-order valence-corrected chi connectivity index (χ3v) is 5.00. The second-order valence-electron chi connectivity index (χ2n) is 6.92. The maximum Gasteiger partial charge on any atom is 0.188 e. The largest absolute Gasteiger partial charge is 0.496 e. The summed E-state index contributed by atoms with van der Waals surface area (Å²) in [5.41, 5.74) is 5.18. The lowest BCUT2D eigenvalue weighted by molar-refractivity contribution is 0.104. The van der Waals surface area contributed by atoms with E-state index in [0.29, 0.717) is 11.3 Å². The number of hydrogen-bond acceptors (Lipinski definition) is 3. The first-order valence-corrected chi connectivity index (χ1v) is 9.73. The highest BCUT2D eigenvalue weighted by molar-refractivity contribution is 6.11. The molecular weight excluding hydrogens is 372 g/mol. The van der Waals surface area contributed by atoms with Gasteiger partial charge in [-0.2, -0.15) is 0 Å². The van der Waals surface area contributed by atoms with Gasteiger partial charge in [-0.3, -0.25) is 9.79 Å². The minimum absolute atomic E-state index is 0.107. The zero-order valence-corrected chi connectivity index (χ0v) is 16.9. The van der Waals surface area contributed by atoms with E-state index in [1.807, 2.05) is 73.8 Å². The monoisotopic (exact) mass is 394 g/mol. The van der Waals surface area contributed by atoms with Crippen LogP contribution in [-0.4, -0.2) is 24.1 Å². The fourth-order valence-electron chi connectivity index (χ4n) is 3.45. The molecule has 0 spiro atoms. The van der Waals surface area contributed by atoms with Gasteiger partial charge in [0.05, 0.1) is 12.8 Å². The van der Waals surface area contributed by atoms with Gasteiger partial charge in [0.1, 0.15) is 5.75 Å². The first-order valence-electron chi connectivity index (χ1n) is 9.73. The highest BCUT2D eigenvalue weighted by Crippen LogP contribution is 2.24. The molecular formula is C26H22N2O2. The molecule has 4 aromatic rings. The van der Waals surface area contributed by atoms with Crippen molar-refractivity contribution in [1.29, 1.82) is 0 Å². The van der Waals surface area contributed by atoms with Gasteiger partial charge < -0.3 is 9.72 Å². The number of carbonyl (C=O) groups excluding carboxylic acids is 1. The van der Waals surface area contributed by atoms with E-state index >= 15 is 0 Å². The number of nitrogens with one attached hydrogen (secondary N) is 1. The summed E-state index contributed by atoms with van der Waals surface area (Å²) in [7, 11) is 1.62.